The van der Waals surface area contributed by atoms with Crippen LogP contribution in [0, 0.1) is 11.8 Å². The third-order valence-corrected chi connectivity index (χ3v) is 5.08. The number of benzene rings is 1. The van der Waals surface area contributed by atoms with E-state index in [0.717, 1.165) is 37.0 Å². The quantitative estimate of drug-likeness (QED) is 0.832. The van der Waals surface area contributed by atoms with Gasteiger partial charge >= 0.3 is 0 Å². The first-order chi connectivity index (χ1) is 11.5. The molecule has 2 N–H and O–H groups in total. The van der Waals surface area contributed by atoms with Crippen LogP contribution >= 0.6 is 11.6 Å². The normalized spacial score (nSPS) is 24.1. The molecular weight excluding hydrogens is 330 g/mol. The minimum absolute atomic E-state index is 0.224. The molecule has 0 aliphatic carbocycles. The van der Waals surface area contributed by atoms with Crippen LogP contribution in [0.2, 0.25) is 5.02 Å². The number of methoxy groups -OCH3 is 1. The van der Waals surface area contributed by atoms with Gasteiger partial charge in [-0.15, -0.1) is 0 Å². The van der Waals surface area contributed by atoms with E-state index >= 15 is 0 Å². The number of amides is 1. The van der Waals surface area contributed by atoms with Crippen molar-refractivity contribution in [3.8, 4) is 11.5 Å². The van der Waals surface area contributed by atoms with Crippen LogP contribution in [0.3, 0.4) is 0 Å². The highest BCUT2D eigenvalue weighted by Gasteiger charge is 2.38. The van der Waals surface area contributed by atoms with E-state index < -0.39 is 5.91 Å². The Morgan fingerprint density at radius 3 is 2.54 bits per heavy atom. The van der Waals surface area contributed by atoms with Crippen molar-refractivity contribution in [1.82, 2.24) is 9.80 Å². The number of likely N-dealkylation sites (tertiary alicyclic amines) is 2. The number of primary amides is 1. The van der Waals surface area contributed by atoms with Crippen LogP contribution in [0.1, 0.15) is 5.56 Å². The van der Waals surface area contributed by atoms with Crippen LogP contribution in [-0.2, 0) is 11.3 Å². The summed E-state index contributed by atoms with van der Waals surface area (Å²) in [5, 5.41) is 0.435. The Labute approximate surface area is 147 Å². The Morgan fingerprint density at radius 2 is 1.96 bits per heavy atom. The van der Waals surface area contributed by atoms with E-state index in [2.05, 4.69) is 16.8 Å². The van der Waals surface area contributed by atoms with Crippen LogP contribution in [0.5, 0.6) is 11.5 Å². The van der Waals surface area contributed by atoms with Crippen molar-refractivity contribution in [1.29, 1.82) is 0 Å². The summed E-state index contributed by atoms with van der Waals surface area (Å²) in [5.41, 5.74) is 6.20. The smallest absolute Gasteiger partial charge is 0.255 e. The molecule has 6 nitrogen and oxygen atoms in total. The molecule has 0 radical (unpaired) electrons. The summed E-state index contributed by atoms with van der Waals surface area (Å²) < 4.78 is 10.7. The number of rotatable bonds is 6. The van der Waals surface area contributed by atoms with Crippen LogP contribution in [0.15, 0.2) is 12.1 Å². The summed E-state index contributed by atoms with van der Waals surface area (Å²) in [4.78, 5) is 15.8. The third-order valence-electron chi connectivity index (χ3n) is 4.80. The number of ether oxygens (including phenoxy) is 2. The first kappa shape index (κ1) is 17.3. The molecule has 1 aromatic rings. The van der Waals surface area contributed by atoms with E-state index in [1.807, 2.05) is 12.1 Å². The number of hydrogen-bond acceptors (Lipinski definition) is 5. The lowest BCUT2D eigenvalue weighted by Gasteiger charge is -2.20. The molecule has 0 bridgehead atoms. The number of nitrogens with two attached hydrogens (primary N) is 1. The molecule has 2 aliphatic heterocycles. The first-order valence-electron chi connectivity index (χ1n) is 8.14. The maximum Gasteiger partial charge on any atom is 0.255 e. The van der Waals surface area contributed by atoms with Crippen molar-refractivity contribution in [2.24, 2.45) is 17.6 Å². The Hall–Kier alpha value is -1.50. The van der Waals surface area contributed by atoms with E-state index in [1.54, 1.807) is 7.11 Å². The fourth-order valence-corrected chi connectivity index (χ4v) is 4.15. The zero-order valence-corrected chi connectivity index (χ0v) is 14.9. The van der Waals surface area contributed by atoms with Gasteiger partial charge in [0, 0.05) is 32.7 Å². The maximum absolute atomic E-state index is 10.9. The lowest BCUT2D eigenvalue weighted by Crippen LogP contribution is -2.26. The largest absolute Gasteiger partial charge is 0.493 e. The van der Waals surface area contributed by atoms with Crippen molar-refractivity contribution in [3.63, 3.8) is 0 Å². The minimum atomic E-state index is -0.550. The Morgan fingerprint density at radius 1 is 1.29 bits per heavy atom. The van der Waals surface area contributed by atoms with E-state index in [-0.39, 0.29) is 6.61 Å². The Kier molecular flexibility index (Phi) is 5.18. The van der Waals surface area contributed by atoms with Crippen LogP contribution in [0.4, 0.5) is 0 Å². The fourth-order valence-electron chi connectivity index (χ4n) is 3.86. The monoisotopic (exact) mass is 353 g/mol. The molecule has 1 amide bonds. The van der Waals surface area contributed by atoms with Gasteiger partial charge in [-0.3, -0.25) is 9.69 Å². The van der Waals surface area contributed by atoms with Gasteiger partial charge in [0.25, 0.3) is 5.91 Å². The second-order valence-electron chi connectivity index (χ2n) is 6.80. The molecule has 132 valence electrons. The summed E-state index contributed by atoms with van der Waals surface area (Å²) >= 11 is 6.31. The number of carbonyl (C=O) groups excluding carboxylic acids is 1. The van der Waals surface area contributed by atoms with Crippen molar-refractivity contribution < 1.29 is 14.3 Å². The molecule has 1 aromatic carbocycles. The van der Waals surface area contributed by atoms with Crippen molar-refractivity contribution in [2.75, 3.05) is 46.9 Å². The average molecular weight is 354 g/mol. The molecule has 2 aliphatic rings. The highest BCUT2D eigenvalue weighted by atomic mass is 35.5. The van der Waals surface area contributed by atoms with Gasteiger partial charge in [0.2, 0.25) is 0 Å². The SMILES string of the molecule is COc1cc(CN2C[C@H]3CN(C)C[C@H]3C2)cc(Cl)c1OCC(N)=O. The molecule has 7 heteroatoms. The molecule has 2 heterocycles. The zero-order valence-electron chi connectivity index (χ0n) is 14.1. The summed E-state index contributed by atoms with van der Waals surface area (Å²) in [6.07, 6.45) is 0. The minimum Gasteiger partial charge on any atom is -0.493 e. The van der Waals surface area contributed by atoms with Crippen molar-refractivity contribution in [3.05, 3.63) is 22.7 Å². The zero-order chi connectivity index (χ0) is 17.3. The molecule has 0 saturated carbocycles. The Balaban J connectivity index is 1.68. The molecule has 2 saturated heterocycles. The molecule has 0 spiro atoms. The molecule has 2 atom stereocenters. The molecule has 3 rings (SSSR count). The van der Waals surface area contributed by atoms with Crippen molar-refractivity contribution in [2.45, 2.75) is 6.54 Å². The summed E-state index contributed by atoms with van der Waals surface area (Å²) in [5.74, 6) is 1.88. The predicted octanol–water partition coefficient (Wildman–Crippen LogP) is 1.21. The molecule has 2 fully saturated rings. The standard InChI is InChI=1S/C17H24ClN3O3/c1-20-6-12-8-21(9-13(12)7-20)5-11-3-14(18)17(15(4-11)23-2)24-10-16(19)22/h3-4,12-13H,5-10H2,1-2H3,(H2,19,22)/t12-,13+. The number of nitrogens with zero attached hydrogens (tertiary/aromatic N) is 2. The summed E-state index contributed by atoms with van der Waals surface area (Å²) in [7, 11) is 3.75. The van der Waals surface area contributed by atoms with Gasteiger partial charge < -0.3 is 20.1 Å². The highest BCUT2D eigenvalue weighted by Crippen LogP contribution is 2.37. The van der Waals surface area contributed by atoms with Crippen LogP contribution in [-0.4, -0.2) is 62.7 Å². The van der Waals surface area contributed by atoms with Gasteiger partial charge in [-0.25, -0.2) is 0 Å². The Bertz CT molecular complexity index is 611. The second kappa shape index (κ2) is 7.17. The summed E-state index contributed by atoms with van der Waals surface area (Å²) in [6, 6.07) is 3.79. The molecule has 0 unspecified atom stereocenters. The van der Waals surface area contributed by atoms with Gasteiger partial charge in [-0.2, -0.15) is 0 Å². The van der Waals surface area contributed by atoms with Gasteiger partial charge in [0.15, 0.2) is 18.1 Å². The van der Waals surface area contributed by atoms with Gasteiger partial charge in [0.1, 0.15) is 0 Å². The third kappa shape index (κ3) is 3.77. The van der Waals surface area contributed by atoms with E-state index in [0.29, 0.717) is 16.5 Å². The van der Waals surface area contributed by atoms with Crippen molar-refractivity contribution >= 4 is 17.5 Å². The van der Waals surface area contributed by atoms with Gasteiger partial charge in [0.05, 0.1) is 12.1 Å². The van der Waals surface area contributed by atoms with Crippen LogP contribution < -0.4 is 15.2 Å². The lowest BCUT2D eigenvalue weighted by molar-refractivity contribution is -0.119. The maximum atomic E-state index is 10.9. The number of fused-ring (bicyclic) bond motifs is 1. The van der Waals surface area contributed by atoms with Gasteiger partial charge in [-0.1, -0.05) is 11.6 Å². The number of carbonyl (C=O) groups is 1. The topological polar surface area (TPSA) is 68.0 Å². The second-order valence-corrected chi connectivity index (χ2v) is 7.21. The van der Waals surface area contributed by atoms with E-state index in [4.69, 9.17) is 26.8 Å². The molecule has 24 heavy (non-hydrogen) atoms. The average Bonchev–Trinajstić information content (AvgIpc) is 3.01. The number of hydrogen-bond donors (Lipinski definition) is 1. The number of halogens is 1. The first-order valence-corrected chi connectivity index (χ1v) is 8.52. The highest BCUT2D eigenvalue weighted by molar-refractivity contribution is 6.32. The van der Waals surface area contributed by atoms with Gasteiger partial charge in [-0.05, 0) is 36.6 Å². The van der Waals surface area contributed by atoms with Crippen LogP contribution in [0.25, 0.3) is 0 Å². The lowest BCUT2D eigenvalue weighted by atomic mass is 10.0. The fraction of sp³-hybridized carbons (Fsp3) is 0.588. The molecular formula is C17H24ClN3O3. The van der Waals surface area contributed by atoms with E-state index in [1.165, 1.54) is 13.1 Å². The predicted molar refractivity (Wildman–Crippen MR) is 92.4 cm³/mol. The summed E-state index contributed by atoms with van der Waals surface area (Å²) in [6.45, 7) is 5.22. The molecule has 0 aromatic heterocycles. The van der Waals surface area contributed by atoms with E-state index in [9.17, 15) is 4.79 Å².